The van der Waals surface area contributed by atoms with E-state index in [1.807, 2.05) is 6.92 Å². The van der Waals surface area contributed by atoms with E-state index in [2.05, 4.69) is 72.8 Å². The molecule has 1 aromatic heterocycles. The maximum absolute atomic E-state index is 12.4. The van der Waals surface area contributed by atoms with Crippen LogP contribution in [0.3, 0.4) is 0 Å². The van der Waals surface area contributed by atoms with Crippen LogP contribution in [0, 0.1) is 12.3 Å². The molecule has 0 saturated heterocycles. The number of halogens is 1. The topological polar surface area (TPSA) is 58.4 Å². The molecule has 2 atom stereocenters. The maximum atomic E-state index is 12.4. The number of carbonyl (C=O) groups is 1. The highest BCUT2D eigenvalue weighted by Crippen LogP contribution is 2.27. The normalized spacial score (nSPS) is 15.8. The summed E-state index contributed by atoms with van der Waals surface area (Å²) in [6.07, 6.45) is 0.990. The summed E-state index contributed by atoms with van der Waals surface area (Å²) in [7, 11) is 4.10. The van der Waals surface area contributed by atoms with Crippen molar-refractivity contribution in [3.05, 3.63) is 17.0 Å². The monoisotopic (exact) mass is 407 g/mol. The van der Waals surface area contributed by atoms with Crippen LogP contribution < -0.4 is 5.32 Å². The second kappa shape index (κ2) is 7.58. The summed E-state index contributed by atoms with van der Waals surface area (Å²) in [4.78, 5) is 14.6. The summed E-state index contributed by atoms with van der Waals surface area (Å²) in [5, 5.41) is 6.99. The van der Waals surface area contributed by atoms with Gasteiger partial charge in [-0.15, -0.1) is 0 Å². The van der Waals surface area contributed by atoms with Gasteiger partial charge < -0.3 is 14.7 Å². The van der Waals surface area contributed by atoms with Crippen molar-refractivity contribution in [1.29, 1.82) is 0 Å². The fourth-order valence-corrected chi connectivity index (χ4v) is 3.13. The van der Waals surface area contributed by atoms with Crippen LogP contribution in [-0.4, -0.2) is 42.6 Å². The first kappa shape index (κ1) is 18.4. The van der Waals surface area contributed by atoms with E-state index in [1.54, 1.807) is 0 Å². The van der Waals surface area contributed by atoms with E-state index in [9.17, 15) is 4.79 Å². The lowest BCUT2D eigenvalue weighted by Crippen LogP contribution is -2.48. The van der Waals surface area contributed by atoms with Crippen LogP contribution in [0.2, 0.25) is 0 Å². The Balaban J connectivity index is 2.83. The second-order valence-corrected chi connectivity index (χ2v) is 6.92. The quantitative estimate of drug-likeness (QED) is 0.558. The van der Waals surface area contributed by atoms with Crippen LogP contribution in [0.15, 0.2) is 4.52 Å². The smallest absolute Gasteiger partial charge is 0.273 e. The Bertz CT molecular complexity index is 487. The molecule has 1 aromatic rings. The molecule has 0 aliphatic rings. The van der Waals surface area contributed by atoms with E-state index in [0.29, 0.717) is 10.1 Å². The van der Waals surface area contributed by atoms with Gasteiger partial charge in [-0.1, -0.05) is 41.6 Å². The maximum Gasteiger partial charge on any atom is 0.273 e. The Morgan fingerprint density at radius 2 is 2.14 bits per heavy atom. The molecule has 120 valence electrons. The van der Waals surface area contributed by atoms with Gasteiger partial charge in [0.05, 0.1) is 4.43 Å². The average Bonchev–Trinajstić information content (AvgIpc) is 2.78. The molecule has 0 bridgehead atoms. The molecular weight excluding hydrogens is 381 g/mol. The highest BCUT2D eigenvalue weighted by molar-refractivity contribution is 14.1. The third-order valence-electron chi connectivity index (χ3n) is 4.24. The minimum atomic E-state index is -0.154. The first-order valence-corrected chi connectivity index (χ1v) is 8.74. The molecule has 0 radical (unpaired) electrons. The number of hydrogen-bond acceptors (Lipinski definition) is 4. The number of amides is 1. The van der Waals surface area contributed by atoms with Gasteiger partial charge >= 0.3 is 0 Å². The predicted octanol–water partition coefficient (Wildman–Crippen LogP) is 3.01. The van der Waals surface area contributed by atoms with Crippen molar-refractivity contribution in [2.24, 2.45) is 5.41 Å². The molecule has 5 nitrogen and oxygen atoms in total. The van der Waals surface area contributed by atoms with Crippen LogP contribution >= 0.6 is 22.6 Å². The highest BCUT2D eigenvalue weighted by atomic mass is 127. The van der Waals surface area contributed by atoms with Crippen molar-refractivity contribution in [2.75, 3.05) is 20.6 Å². The van der Waals surface area contributed by atoms with Crippen molar-refractivity contribution < 1.29 is 9.32 Å². The summed E-state index contributed by atoms with van der Waals surface area (Å²) >= 11 is 2.20. The summed E-state index contributed by atoms with van der Waals surface area (Å²) in [5.41, 5.74) is 1.25. The second-order valence-electron chi connectivity index (χ2n) is 6.15. The van der Waals surface area contributed by atoms with Crippen molar-refractivity contribution in [2.45, 2.75) is 44.6 Å². The molecule has 0 aromatic carbocycles. The zero-order valence-corrected chi connectivity index (χ0v) is 15.9. The fourth-order valence-electron chi connectivity index (χ4n) is 2.42. The molecular formula is C15H26IN3O2. The number of rotatable bonds is 7. The molecule has 0 saturated carbocycles. The number of nitrogens with one attached hydrogen (secondary N) is 1. The molecule has 0 aliphatic heterocycles. The van der Waals surface area contributed by atoms with E-state index in [-0.39, 0.29) is 17.4 Å². The Morgan fingerprint density at radius 1 is 1.52 bits per heavy atom. The number of nitrogens with zero attached hydrogens (tertiary/aromatic N) is 2. The Hall–Kier alpha value is -0.630. The number of aromatic nitrogens is 1. The van der Waals surface area contributed by atoms with Gasteiger partial charge in [0.25, 0.3) is 5.91 Å². The number of alkyl halides is 1. The SMILES string of the molecule is CCC(C)(CN(C)C)C(C)NC(=O)c1noc(CI)c1C. The Kier molecular flexibility index (Phi) is 6.65. The standard InChI is InChI=1S/C15H26IN3O2/c1-7-15(4,9-19(5)6)11(3)17-14(20)13-10(2)12(8-16)21-18-13/h11H,7-9H2,1-6H3,(H,17,20). The number of carbonyl (C=O) groups excluding carboxylic acids is 1. The lowest BCUT2D eigenvalue weighted by Gasteiger charge is -2.37. The van der Waals surface area contributed by atoms with E-state index < -0.39 is 0 Å². The van der Waals surface area contributed by atoms with Crippen LogP contribution in [0.25, 0.3) is 0 Å². The molecule has 1 N–H and O–H groups in total. The molecule has 0 aliphatic carbocycles. The van der Waals surface area contributed by atoms with Crippen molar-refractivity contribution in [1.82, 2.24) is 15.4 Å². The van der Waals surface area contributed by atoms with Gasteiger partial charge in [0, 0.05) is 18.2 Å². The molecule has 0 fully saturated rings. The van der Waals surface area contributed by atoms with E-state index in [1.165, 1.54) is 0 Å². The molecule has 2 unspecified atom stereocenters. The van der Waals surface area contributed by atoms with Crippen LogP contribution in [0.1, 0.15) is 49.0 Å². The molecule has 0 spiro atoms. The van der Waals surface area contributed by atoms with Gasteiger partial charge in [0.15, 0.2) is 5.69 Å². The van der Waals surface area contributed by atoms with Gasteiger partial charge in [-0.3, -0.25) is 4.79 Å². The molecule has 1 rings (SSSR count). The van der Waals surface area contributed by atoms with Gasteiger partial charge in [0.1, 0.15) is 5.76 Å². The molecule has 1 amide bonds. The predicted molar refractivity (Wildman–Crippen MR) is 92.8 cm³/mol. The van der Waals surface area contributed by atoms with Crippen molar-refractivity contribution >= 4 is 28.5 Å². The Morgan fingerprint density at radius 3 is 2.57 bits per heavy atom. The fraction of sp³-hybridized carbons (Fsp3) is 0.733. The lowest BCUT2D eigenvalue weighted by molar-refractivity contribution is 0.0855. The van der Waals surface area contributed by atoms with Crippen LogP contribution in [-0.2, 0) is 4.43 Å². The van der Waals surface area contributed by atoms with Crippen molar-refractivity contribution in [3.8, 4) is 0 Å². The zero-order valence-electron chi connectivity index (χ0n) is 13.8. The average molecular weight is 407 g/mol. The molecule has 21 heavy (non-hydrogen) atoms. The van der Waals surface area contributed by atoms with Crippen LogP contribution in [0.5, 0.6) is 0 Å². The van der Waals surface area contributed by atoms with Gasteiger partial charge in [0.2, 0.25) is 0 Å². The minimum absolute atomic E-state index is 0.0168. The first-order chi connectivity index (χ1) is 9.75. The third-order valence-corrected chi connectivity index (χ3v) is 4.93. The number of hydrogen-bond donors (Lipinski definition) is 1. The van der Waals surface area contributed by atoms with Gasteiger partial charge in [-0.25, -0.2) is 0 Å². The highest BCUT2D eigenvalue weighted by Gasteiger charge is 2.32. The third kappa shape index (κ3) is 4.42. The van der Waals surface area contributed by atoms with Gasteiger partial charge in [-0.05, 0) is 39.8 Å². The van der Waals surface area contributed by atoms with E-state index in [0.717, 1.165) is 24.3 Å². The van der Waals surface area contributed by atoms with E-state index in [4.69, 9.17) is 4.52 Å². The Labute approximate surface area is 141 Å². The van der Waals surface area contributed by atoms with E-state index >= 15 is 0 Å². The summed E-state index contributed by atoms with van der Waals surface area (Å²) in [5.74, 6) is 0.609. The summed E-state index contributed by atoms with van der Waals surface area (Å²) in [6, 6.07) is 0.0524. The minimum Gasteiger partial charge on any atom is -0.359 e. The summed E-state index contributed by atoms with van der Waals surface area (Å²) in [6.45, 7) is 9.20. The van der Waals surface area contributed by atoms with Gasteiger partial charge in [-0.2, -0.15) is 0 Å². The molecule has 1 heterocycles. The largest absolute Gasteiger partial charge is 0.359 e. The van der Waals surface area contributed by atoms with Crippen LogP contribution in [0.4, 0.5) is 0 Å². The molecule has 6 heteroatoms. The zero-order chi connectivity index (χ0) is 16.2. The summed E-state index contributed by atoms with van der Waals surface area (Å²) < 4.78 is 5.91. The van der Waals surface area contributed by atoms with Crippen molar-refractivity contribution in [3.63, 3.8) is 0 Å². The lowest BCUT2D eigenvalue weighted by atomic mass is 9.80. The first-order valence-electron chi connectivity index (χ1n) is 7.21.